The van der Waals surface area contributed by atoms with Crippen LogP contribution in [0.2, 0.25) is 0 Å². The molecule has 4 heterocycles. The van der Waals surface area contributed by atoms with Crippen LogP contribution in [0, 0.1) is 12.7 Å². The van der Waals surface area contributed by atoms with Gasteiger partial charge in [0.2, 0.25) is 0 Å². The summed E-state index contributed by atoms with van der Waals surface area (Å²) in [5.41, 5.74) is 1.69. The van der Waals surface area contributed by atoms with Crippen molar-refractivity contribution in [3.8, 4) is 0 Å². The first-order valence-corrected chi connectivity index (χ1v) is 12.7. The summed E-state index contributed by atoms with van der Waals surface area (Å²) >= 11 is 6.15. The number of carbonyl (C=O) groups excluding carboxylic acids is 1. The fraction of sp³-hybridized carbons (Fsp3) is 0.240. The van der Waals surface area contributed by atoms with Crippen molar-refractivity contribution in [2.24, 2.45) is 0 Å². The highest BCUT2D eigenvalue weighted by molar-refractivity contribution is 8.26. The van der Waals surface area contributed by atoms with Gasteiger partial charge in [-0.1, -0.05) is 42.2 Å². The van der Waals surface area contributed by atoms with Crippen LogP contribution in [0.5, 0.6) is 0 Å². The van der Waals surface area contributed by atoms with Crippen LogP contribution in [-0.2, 0) is 9.59 Å². The van der Waals surface area contributed by atoms with E-state index in [4.69, 9.17) is 22.3 Å². The van der Waals surface area contributed by atoms with E-state index in [2.05, 4.69) is 0 Å². The minimum absolute atomic E-state index is 0.114. The molecular weight excluding hydrogens is 517 g/mol. The Morgan fingerprint density at radius 2 is 1.84 bits per heavy atom. The predicted octanol–water partition coefficient (Wildman–Crippen LogP) is 2.75. The van der Waals surface area contributed by atoms with Crippen LogP contribution >= 0.6 is 24.0 Å². The zero-order valence-electron chi connectivity index (χ0n) is 19.8. The van der Waals surface area contributed by atoms with Gasteiger partial charge in [0, 0.05) is 32.4 Å². The summed E-state index contributed by atoms with van der Waals surface area (Å²) in [4.78, 5) is 47.5. The summed E-state index contributed by atoms with van der Waals surface area (Å²) in [6, 6.07) is 10.2. The fourth-order valence-electron chi connectivity index (χ4n) is 4.38. The molecule has 37 heavy (non-hydrogen) atoms. The fourth-order valence-corrected chi connectivity index (χ4v) is 5.62. The number of aliphatic carboxylic acids is 1. The summed E-state index contributed by atoms with van der Waals surface area (Å²) < 4.78 is 15.9. The van der Waals surface area contributed by atoms with E-state index >= 15 is 0 Å². The first-order chi connectivity index (χ1) is 17.7. The molecule has 0 saturated carbocycles. The first-order valence-electron chi connectivity index (χ1n) is 11.5. The Morgan fingerprint density at radius 1 is 1.14 bits per heavy atom. The summed E-state index contributed by atoms with van der Waals surface area (Å²) in [6.07, 6.45) is 3.13. The number of carboxylic acid groups (broad SMARTS) is 1. The molecule has 2 aliphatic rings. The highest BCUT2D eigenvalue weighted by Gasteiger charge is 2.34. The van der Waals surface area contributed by atoms with E-state index in [-0.39, 0.29) is 26.2 Å². The molecule has 190 valence electrons. The molecule has 0 aliphatic carbocycles. The van der Waals surface area contributed by atoms with E-state index in [1.54, 1.807) is 30.5 Å². The number of amides is 1. The molecule has 0 spiro atoms. The van der Waals surface area contributed by atoms with Crippen molar-refractivity contribution in [1.82, 2.24) is 14.3 Å². The minimum atomic E-state index is -1.19. The van der Waals surface area contributed by atoms with Gasteiger partial charge in [-0.05, 0) is 36.8 Å². The number of hydrogen-bond donors (Lipinski definition) is 1. The number of carbonyl (C=O) groups is 2. The number of para-hydroxylation sites is 1. The maximum atomic E-state index is 14.3. The Hall–Kier alpha value is -3.77. The van der Waals surface area contributed by atoms with Gasteiger partial charge in [-0.3, -0.25) is 23.7 Å². The van der Waals surface area contributed by atoms with Gasteiger partial charge in [-0.2, -0.15) is 0 Å². The Bertz CT molecular complexity index is 1530. The minimum Gasteiger partial charge on any atom is -0.480 e. The quantitative estimate of drug-likeness (QED) is 0.388. The summed E-state index contributed by atoms with van der Waals surface area (Å²) in [5.74, 6) is -1.64. The van der Waals surface area contributed by atoms with Crippen LogP contribution in [0.1, 0.15) is 11.1 Å². The Balaban J connectivity index is 1.54. The van der Waals surface area contributed by atoms with Crippen LogP contribution in [0.25, 0.3) is 11.7 Å². The number of benzene rings is 1. The average Bonchev–Trinajstić information content (AvgIpc) is 3.13. The maximum absolute atomic E-state index is 14.3. The highest BCUT2D eigenvalue weighted by Crippen LogP contribution is 2.33. The lowest BCUT2D eigenvalue weighted by Crippen LogP contribution is -2.47. The van der Waals surface area contributed by atoms with Crippen molar-refractivity contribution in [3.63, 3.8) is 0 Å². The highest BCUT2D eigenvalue weighted by atomic mass is 32.2. The standard InChI is InChI=1S/C25H22FN5O4S2/c1-15-6-7-20-27-22(29-10-8-28(9-11-29)18-5-3-2-4-17(18)26)16(23(34)30(20)13-15)12-19-24(35)31(14-21(32)33)25(36)37-19/h2-7,12-13H,8-11,14H2,1H3,(H,32,33). The number of halogens is 1. The van der Waals surface area contributed by atoms with Gasteiger partial charge >= 0.3 is 5.97 Å². The number of nitrogens with zero attached hydrogens (tertiary/aromatic N) is 5. The number of thiocarbonyl (C=S) groups is 1. The molecule has 1 aromatic carbocycles. The Morgan fingerprint density at radius 3 is 2.54 bits per heavy atom. The third-order valence-electron chi connectivity index (χ3n) is 6.20. The lowest BCUT2D eigenvalue weighted by molar-refractivity contribution is -0.140. The number of aryl methyl sites for hydroxylation is 1. The summed E-state index contributed by atoms with van der Waals surface area (Å²) in [6.45, 7) is 3.28. The zero-order valence-corrected chi connectivity index (χ0v) is 21.4. The Kier molecular flexibility index (Phi) is 6.69. The molecule has 1 N–H and O–H groups in total. The number of fused-ring (bicyclic) bond motifs is 1. The monoisotopic (exact) mass is 539 g/mol. The molecule has 1 amide bonds. The molecule has 2 fully saturated rings. The van der Waals surface area contributed by atoms with Crippen LogP contribution in [0.4, 0.5) is 15.9 Å². The lowest BCUT2D eigenvalue weighted by Gasteiger charge is -2.37. The predicted molar refractivity (Wildman–Crippen MR) is 145 cm³/mol. The molecule has 2 saturated heterocycles. The summed E-state index contributed by atoms with van der Waals surface area (Å²) in [7, 11) is 0. The van der Waals surface area contributed by atoms with Crippen molar-refractivity contribution in [1.29, 1.82) is 0 Å². The largest absolute Gasteiger partial charge is 0.480 e. The number of thioether (sulfide) groups is 1. The number of carboxylic acids is 1. The molecule has 3 aromatic rings. The SMILES string of the molecule is Cc1ccc2nc(N3CCN(c4ccccc4F)CC3)c(C=C3SC(=S)N(CC(=O)O)C3=O)c(=O)n2c1. The maximum Gasteiger partial charge on any atom is 0.323 e. The van der Waals surface area contributed by atoms with E-state index in [1.807, 2.05) is 22.8 Å². The van der Waals surface area contributed by atoms with Crippen LogP contribution < -0.4 is 15.4 Å². The van der Waals surface area contributed by atoms with Crippen molar-refractivity contribution in [3.05, 3.63) is 74.8 Å². The normalized spacial score (nSPS) is 17.4. The number of hydrogen-bond acceptors (Lipinski definition) is 8. The molecule has 2 aromatic heterocycles. The molecule has 9 nitrogen and oxygen atoms in total. The Labute approximate surface area is 220 Å². The van der Waals surface area contributed by atoms with Crippen molar-refractivity contribution < 1.29 is 19.1 Å². The van der Waals surface area contributed by atoms with Gasteiger partial charge in [0.05, 0.1) is 16.2 Å². The molecule has 0 unspecified atom stereocenters. The third kappa shape index (κ3) is 4.81. The van der Waals surface area contributed by atoms with Crippen molar-refractivity contribution in [2.45, 2.75) is 6.92 Å². The number of rotatable bonds is 5. The molecule has 2 aliphatic heterocycles. The molecule has 0 radical (unpaired) electrons. The number of aromatic nitrogens is 2. The average molecular weight is 540 g/mol. The lowest BCUT2D eigenvalue weighted by atomic mass is 10.2. The van der Waals surface area contributed by atoms with Crippen molar-refractivity contribution in [2.75, 3.05) is 42.5 Å². The third-order valence-corrected chi connectivity index (χ3v) is 7.58. The molecule has 5 rings (SSSR count). The second kappa shape index (κ2) is 9.94. The first kappa shape index (κ1) is 24.9. The van der Waals surface area contributed by atoms with Gasteiger partial charge in [0.1, 0.15) is 28.1 Å². The summed E-state index contributed by atoms with van der Waals surface area (Å²) in [5, 5.41) is 9.13. The van der Waals surface area contributed by atoms with E-state index < -0.39 is 18.4 Å². The van der Waals surface area contributed by atoms with Crippen molar-refractivity contribution >= 4 is 63.4 Å². The van der Waals surface area contributed by atoms with Gasteiger partial charge in [-0.25, -0.2) is 9.37 Å². The van der Waals surface area contributed by atoms with E-state index in [0.717, 1.165) is 22.2 Å². The molecular formula is C25H22FN5O4S2. The number of piperazine rings is 1. The van der Waals surface area contributed by atoms with Gasteiger partial charge in [0.25, 0.3) is 11.5 Å². The van der Waals surface area contributed by atoms with Gasteiger partial charge in [-0.15, -0.1) is 0 Å². The van der Waals surface area contributed by atoms with E-state index in [1.165, 1.54) is 16.5 Å². The van der Waals surface area contributed by atoms with Gasteiger partial charge in [0.15, 0.2) is 0 Å². The van der Waals surface area contributed by atoms with Gasteiger partial charge < -0.3 is 14.9 Å². The number of anilines is 2. The topological polar surface area (TPSA) is 98.5 Å². The van der Waals surface area contributed by atoms with Crippen LogP contribution in [0.3, 0.4) is 0 Å². The molecule has 0 atom stereocenters. The van der Waals surface area contributed by atoms with E-state index in [9.17, 15) is 18.8 Å². The van der Waals surface area contributed by atoms with E-state index in [0.29, 0.717) is 43.3 Å². The molecule has 12 heteroatoms. The second-order valence-corrected chi connectivity index (χ2v) is 10.4. The van der Waals surface area contributed by atoms with Crippen LogP contribution in [0.15, 0.2) is 52.3 Å². The zero-order chi connectivity index (χ0) is 26.3. The second-order valence-electron chi connectivity index (χ2n) is 8.68. The number of pyridine rings is 1. The van der Waals surface area contributed by atoms with Crippen LogP contribution in [-0.4, -0.2) is 68.3 Å². The smallest absolute Gasteiger partial charge is 0.323 e. The molecule has 0 bridgehead atoms.